The van der Waals surface area contributed by atoms with E-state index in [4.69, 9.17) is 9.47 Å². The van der Waals surface area contributed by atoms with E-state index in [2.05, 4.69) is 19.2 Å². The SMILES string of the molecule is CCCCCCCCCCCCCCCC[C@@H](O)C(=O)N[C@@H](CO[C@@H]1O[C@H](CO)[C@@H](O)[C@H](O)[C@H]1O)[C@H](O)[C@H](O)CCCCCCCCCCCCC. The van der Waals surface area contributed by atoms with Gasteiger partial charge in [0.25, 0.3) is 0 Å². The van der Waals surface area contributed by atoms with Gasteiger partial charge in [-0.1, -0.05) is 174 Å². The molecule has 11 heteroatoms. The van der Waals surface area contributed by atoms with Crippen LogP contribution in [0, 0.1) is 0 Å². The van der Waals surface area contributed by atoms with Crippen molar-refractivity contribution in [1.82, 2.24) is 5.32 Å². The van der Waals surface area contributed by atoms with Gasteiger partial charge in [0.05, 0.1) is 25.4 Å². The summed E-state index contributed by atoms with van der Waals surface area (Å²) in [7, 11) is 0. The lowest BCUT2D eigenvalue weighted by atomic mass is 9.98. The first-order valence-electron chi connectivity index (χ1n) is 21.4. The summed E-state index contributed by atoms with van der Waals surface area (Å²) in [4.78, 5) is 13.0. The van der Waals surface area contributed by atoms with Gasteiger partial charge in [-0.15, -0.1) is 0 Å². The van der Waals surface area contributed by atoms with E-state index in [1.54, 1.807) is 0 Å². The van der Waals surface area contributed by atoms with Crippen LogP contribution in [0.3, 0.4) is 0 Å². The molecule has 0 unspecified atom stereocenters. The highest BCUT2D eigenvalue weighted by molar-refractivity contribution is 5.80. The second-order valence-electron chi connectivity index (χ2n) is 15.4. The Morgan fingerprint density at radius 2 is 1.00 bits per heavy atom. The predicted octanol–water partition coefficient (Wildman–Crippen LogP) is 5.94. The molecule has 0 aromatic rings. The lowest BCUT2D eigenvalue weighted by Crippen LogP contribution is -2.60. The summed E-state index contributed by atoms with van der Waals surface area (Å²) >= 11 is 0. The zero-order valence-electron chi connectivity index (χ0n) is 33.1. The normalized spacial score (nSPS) is 23.0. The summed E-state index contributed by atoms with van der Waals surface area (Å²) in [6.07, 6.45) is 18.7. The van der Waals surface area contributed by atoms with Crippen molar-refractivity contribution in [3.8, 4) is 0 Å². The molecule has 11 nitrogen and oxygen atoms in total. The molecule has 1 aliphatic heterocycles. The minimum absolute atomic E-state index is 0.265. The molecule has 1 rings (SSSR count). The Hall–Kier alpha value is -0.890. The Morgan fingerprint density at radius 3 is 1.42 bits per heavy atom. The molecule has 1 amide bonds. The number of carbonyl (C=O) groups is 1. The van der Waals surface area contributed by atoms with E-state index < -0.39 is 74.2 Å². The van der Waals surface area contributed by atoms with Gasteiger partial charge in [-0.3, -0.25) is 4.79 Å². The van der Waals surface area contributed by atoms with Gasteiger partial charge in [0, 0.05) is 0 Å². The van der Waals surface area contributed by atoms with Crippen LogP contribution in [-0.4, -0.2) is 110 Å². The van der Waals surface area contributed by atoms with Gasteiger partial charge in [-0.2, -0.15) is 0 Å². The van der Waals surface area contributed by atoms with Gasteiger partial charge in [0.1, 0.15) is 36.6 Å². The van der Waals surface area contributed by atoms with Gasteiger partial charge in [-0.25, -0.2) is 0 Å². The van der Waals surface area contributed by atoms with Gasteiger partial charge >= 0.3 is 0 Å². The third-order valence-corrected chi connectivity index (χ3v) is 10.7. The summed E-state index contributed by atoms with van der Waals surface area (Å²) in [5.41, 5.74) is 0. The highest BCUT2D eigenvalue weighted by Gasteiger charge is 2.44. The lowest BCUT2D eigenvalue weighted by molar-refractivity contribution is -0.303. The van der Waals surface area contributed by atoms with Gasteiger partial charge < -0.3 is 50.5 Å². The third kappa shape index (κ3) is 22.5. The largest absolute Gasteiger partial charge is 0.394 e. The Morgan fingerprint density at radius 1 is 0.596 bits per heavy atom. The van der Waals surface area contributed by atoms with E-state index in [1.807, 2.05) is 0 Å². The van der Waals surface area contributed by atoms with Crippen LogP contribution in [0.25, 0.3) is 0 Å². The molecular formula is C41H81NO10. The number of hydrogen-bond donors (Lipinski definition) is 8. The summed E-state index contributed by atoms with van der Waals surface area (Å²) in [5.74, 6) is -0.696. The molecular weight excluding hydrogens is 666 g/mol. The fourth-order valence-electron chi connectivity index (χ4n) is 7.03. The van der Waals surface area contributed by atoms with Crippen molar-refractivity contribution >= 4 is 5.91 Å². The molecule has 0 aromatic heterocycles. The van der Waals surface area contributed by atoms with Crippen molar-refractivity contribution < 1.29 is 50.0 Å². The molecule has 8 N–H and O–H groups in total. The zero-order valence-corrected chi connectivity index (χ0v) is 33.1. The third-order valence-electron chi connectivity index (χ3n) is 10.7. The summed E-state index contributed by atoms with van der Waals surface area (Å²) in [6.45, 7) is 3.41. The number of hydrogen-bond acceptors (Lipinski definition) is 10. The molecule has 9 atom stereocenters. The molecule has 52 heavy (non-hydrogen) atoms. The van der Waals surface area contributed by atoms with Crippen LogP contribution in [-0.2, 0) is 14.3 Å². The van der Waals surface area contributed by atoms with Crippen LogP contribution in [0.15, 0.2) is 0 Å². The quantitative estimate of drug-likeness (QED) is 0.0360. The molecule has 0 bridgehead atoms. The van der Waals surface area contributed by atoms with E-state index in [0.717, 1.165) is 38.5 Å². The second kappa shape index (κ2) is 32.4. The number of rotatable bonds is 35. The maximum absolute atomic E-state index is 13.0. The highest BCUT2D eigenvalue weighted by atomic mass is 16.7. The highest BCUT2D eigenvalue weighted by Crippen LogP contribution is 2.23. The van der Waals surface area contributed by atoms with Gasteiger partial charge in [0.2, 0.25) is 5.91 Å². The molecule has 310 valence electrons. The van der Waals surface area contributed by atoms with E-state index in [9.17, 15) is 40.5 Å². The minimum atomic E-state index is -1.65. The number of unbranched alkanes of at least 4 members (excludes halogenated alkanes) is 23. The monoisotopic (exact) mass is 748 g/mol. The average Bonchev–Trinajstić information content (AvgIpc) is 3.14. The number of ether oxygens (including phenoxy) is 2. The number of aliphatic hydroxyl groups excluding tert-OH is 7. The van der Waals surface area contributed by atoms with Gasteiger partial charge in [0.15, 0.2) is 6.29 Å². The fourth-order valence-corrected chi connectivity index (χ4v) is 7.03. The van der Waals surface area contributed by atoms with E-state index in [1.165, 1.54) is 109 Å². The van der Waals surface area contributed by atoms with Crippen LogP contribution in [0.2, 0.25) is 0 Å². The Kier molecular flexibility index (Phi) is 30.6. The summed E-state index contributed by atoms with van der Waals surface area (Å²) < 4.78 is 11.0. The number of nitrogens with one attached hydrogen (secondary N) is 1. The molecule has 0 aliphatic carbocycles. The lowest BCUT2D eigenvalue weighted by Gasteiger charge is -2.40. The molecule has 1 saturated heterocycles. The summed E-state index contributed by atoms with van der Waals surface area (Å²) in [6, 6.07) is -1.16. The zero-order chi connectivity index (χ0) is 38.4. The van der Waals surface area contributed by atoms with Crippen molar-refractivity contribution in [3.63, 3.8) is 0 Å². The van der Waals surface area contributed by atoms with Crippen molar-refractivity contribution in [3.05, 3.63) is 0 Å². The topological polar surface area (TPSA) is 189 Å². The molecule has 0 spiro atoms. The van der Waals surface area contributed by atoms with Crippen molar-refractivity contribution in [2.75, 3.05) is 13.2 Å². The molecule has 0 saturated carbocycles. The summed E-state index contributed by atoms with van der Waals surface area (Å²) in [5, 5.41) is 75.4. The van der Waals surface area contributed by atoms with E-state index in [-0.39, 0.29) is 6.42 Å². The minimum Gasteiger partial charge on any atom is -0.394 e. The Labute approximate surface area is 316 Å². The molecule has 0 aromatic carbocycles. The Bertz CT molecular complexity index is 820. The smallest absolute Gasteiger partial charge is 0.249 e. The van der Waals surface area contributed by atoms with E-state index >= 15 is 0 Å². The van der Waals surface area contributed by atoms with Crippen molar-refractivity contribution in [1.29, 1.82) is 0 Å². The van der Waals surface area contributed by atoms with Gasteiger partial charge in [-0.05, 0) is 12.8 Å². The molecule has 1 heterocycles. The first-order valence-corrected chi connectivity index (χ1v) is 21.4. The number of aliphatic hydroxyl groups is 7. The predicted molar refractivity (Wildman–Crippen MR) is 206 cm³/mol. The first kappa shape index (κ1) is 49.1. The van der Waals surface area contributed by atoms with Crippen molar-refractivity contribution in [2.45, 2.75) is 242 Å². The van der Waals surface area contributed by atoms with Crippen LogP contribution in [0.1, 0.15) is 187 Å². The molecule has 0 radical (unpaired) electrons. The first-order chi connectivity index (χ1) is 25.2. The fraction of sp³-hybridized carbons (Fsp3) is 0.976. The maximum atomic E-state index is 13.0. The standard InChI is InChI=1S/C41H81NO10/c1-3-5-7-9-11-13-15-16-17-19-21-23-25-27-29-34(45)40(50)42-32(31-51-41-39(49)38(48)37(47)35(30-43)52-41)36(46)33(44)28-26-24-22-20-18-14-12-10-8-6-4-2/h32-39,41,43-49H,3-31H2,1-2H3,(H,42,50)/t32-,33+,34+,35+,36-,37+,38-,39+,41+/m0/s1. The maximum Gasteiger partial charge on any atom is 0.249 e. The van der Waals surface area contributed by atoms with Crippen LogP contribution in [0.4, 0.5) is 0 Å². The van der Waals surface area contributed by atoms with Crippen LogP contribution < -0.4 is 5.32 Å². The van der Waals surface area contributed by atoms with Crippen LogP contribution in [0.5, 0.6) is 0 Å². The van der Waals surface area contributed by atoms with Crippen LogP contribution >= 0.6 is 0 Å². The Balaban J connectivity index is 2.50. The van der Waals surface area contributed by atoms with E-state index in [0.29, 0.717) is 19.3 Å². The number of carbonyl (C=O) groups excluding carboxylic acids is 1. The second-order valence-corrected chi connectivity index (χ2v) is 15.4. The molecule has 1 aliphatic rings. The van der Waals surface area contributed by atoms with Crippen molar-refractivity contribution in [2.24, 2.45) is 0 Å². The number of amides is 1. The molecule has 1 fully saturated rings. The average molecular weight is 748 g/mol.